The van der Waals surface area contributed by atoms with Crippen LogP contribution in [0.15, 0.2) is 33.7 Å². The first kappa shape index (κ1) is 7.48. The van der Waals surface area contributed by atoms with Crippen molar-refractivity contribution >= 4 is 22.1 Å². The summed E-state index contributed by atoms with van der Waals surface area (Å²) in [4.78, 5) is 3.90. The Bertz CT molecular complexity index is 226. The van der Waals surface area contributed by atoms with Gasteiger partial charge in [0.25, 0.3) is 0 Å². The fourth-order valence-corrected chi connectivity index (χ4v) is 0.962. The summed E-state index contributed by atoms with van der Waals surface area (Å²) in [7, 11) is 1.77. The first-order valence-electron chi connectivity index (χ1n) is 3.00. The minimum Gasteiger partial charge on any atom is -0.296 e. The van der Waals surface area contributed by atoms with E-state index in [9.17, 15) is 0 Å². The summed E-state index contributed by atoms with van der Waals surface area (Å²) in [6, 6.07) is 8.02. The maximum Gasteiger partial charge on any atom is 0.0281 e. The molecule has 0 aromatic heterocycles. The summed E-state index contributed by atoms with van der Waals surface area (Å²) in [5.74, 6) is 0. The van der Waals surface area contributed by atoms with Gasteiger partial charge in [-0.3, -0.25) is 4.99 Å². The highest BCUT2D eigenvalue weighted by atomic mass is 79.9. The quantitative estimate of drug-likeness (QED) is 0.614. The van der Waals surface area contributed by atoms with Gasteiger partial charge in [0.1, 0.15) is 0 Å². The van der Waals surface area contributed by atoms with Gasteiger partial charge in [-0.15, -0.1) is 0 Å². The molecule has 0 aliphatic heterocycles. The molecule has 1 rings (SSSR count). The summed E-state index contributed by atoms with van der Waals surface area (Å²) in [5, 5.41) is 0. The smallest absolute Gasteiger partial charge is 0.0281 e. The Labute approximate surface area is 68.9 Å². The van der Waals surface area contributed by atoms with Crippen LogP contribution in [0.25, 0.3) is 0 Å². The van der Waals surface area contributed by atoms with Gasteiger partial charge in [-0.2, -0.15) is 0 Å². The van der Waals surface area contributed by atoms with Gasteiger partial charge in [0, 0.05) is 17.7 Å². The van der Waals surface area contributed by atoms with Gasteiger partial charge in [-0.25, -0.2) is 0 Å². The van der Waals surface area contributed by atoms with E-state index in [1.165, 1.54) is 0 Å². The highest BCUT2D eigenvalue weighted by Crippen LogP contribution is 2.08. The van der Waals surface area contributed by atoms with Gasteiger partial charge in [0.15, 0.2) is 0 Å². The van der Waals surface area contributed by atoms with Crippen LogP contribution in [0.4, 0.5) is 0 Å². The fraction of sp³-hybridized carbons (Fsp3) is 0.125. The maximum absolute atomic E-state index is 3.90. The van der Waals surface area contributed by atoms with E-state index in [4.69, 9.17) is 0 Å². The van der Waals surface area contributed by atoms with E-state index < -0.39 is 0 Å². The second kappa shape index (κ2) is 3.52. The average molecular weight is 198 g/mol. The average Bonchev–Trinajstić information content (AvgIpc) is 1.95. The minimum absolute atomic E-state index is 1.10. The van der Waals surface area contributed by atoms with Gasteiger partial charge < -0.3 is 0 Å². The van der Waals surface area contributed by atoms with Crippen molar-refractivity contribution in [2.75, 3.05) is 7.05 Å². The molecule has 0 bridgehead atoms. The molecular formula is C8H8BrN. The lowest BCUT2D eigenvalue weighted by molar-refractivity contribution is 1.46. The van der Waals surface area contributed by atoms with E-state index in [1.54, 1.807) is 7.05 Å². The predicted octanol–water partition coefficient (Wildman–Crippen LogP) is 2.50. The van der Waals surface area contributed by atoms with Crippen molar-refractivity contribution in [3.8, 4) is 0 Å². The van der Waals surface area contributed by atoms with Gasteiger partial charge in [0.2, 0.25) is 0 Å². The molecule has 0 spiro atoms. The normalized spacial score (nSPS) is 10.6. The van der Waals surface area contributed by atoms with E-state index in [0.717, 1.165) is 10.0 Å². The molecule has 0 atom stereocenters. The Balaban J connectivity index is 2.89. The third-order valence-corrected chi connectivity index (χ3v) is 1.68. The lowest BCUT2D eigenvalue weighted by Crippen LogP contribution is -1.77. The molecule has 1 aromatic rings. The number of rotatable bonds is 1. The third kappa shape index (κ3) is 1.95. The van der Waals surface area contributed by atoms with Crippen LogP contribution in [0.3, 0.4) is 0 Å². The van der Waals surface area contributed by atoms with E-state index in [0.29, 0.717) is 0 Å². The molecule has 2 heteroatoms. The number of benzene rings is 1. The maximum atomic E-state index is 3.90. The molecule has 0 aliphatic rings. The summed E-state index contributed by atoms with van der Waals surface area (Å²) in [5.41, 5.74) is 1.13. The number of halogens is 1. The Kier molecular flexibility index (Phi) is 2.63. The molecule has 10 heavy (non-hydrogen) atoms. The Morgan fingerprint density at radius 2 is 1.90 bits per heavy atom. The molecular weight excluding hydrogens is 190 g/mol. The summed E-state index contributed by atoms with van der Waals surface area (Å²) in [6.45, 7) is 0. The summed E-state index contributed by atoms with van der Waals surface area (Å²) < 4.78 is 1.10. The first-order chi connectivity index (χ1) is 4.83. The highest BCUT2D eigenvalue weighted by Gasteiger charge is 1.85. The first-order valence-corrected chi connectivity index (χ1v) is 3.80. The van der Waals surface area contributed by atoms with Crippen molar-refractivity contribution in [3.05, 3.63) is 34.3 Å². The molecule has 0 saturated heterocycles. The minimum atomic E-state index is 1.10. The lowest BCUT2D eigenvalue weighted by Gasteiger charge is -1.90. The zero-order valence-corrected chi connectivity index (χ0v) is 7.30. The summed E-state index contributed by atoms with van der Waals surface area (Å²) in [6.07, 6.45) is 1.83. The largest absolute Gasteiger partial charge is 0.296 e. The second-order valence-electron chi connectivity index (χ2n) is 1.94. The lowest BCUT2D eigenvalue weighted by atomic mass is 10.2. The van der Waals surface area contributed by atoms with Gasteiger partial charge in [-0.1, -0.05) is 28.1 Å². The predicted molar refractivity (Wildman–Crippen MR) is 47.7 cm³/mol. The van der Waals surface area contributed by atoms with Crippen LogP contribution in [0, 0.1) is 0 Å². The van der Waals surface area contributed by atoms with Crippen LogP contribution >= 0.6 is 15.9 Å². The van der Waals surface area contributed by atoms with Crippen molar-refractivity contribution in [2.24, 2.45) is 4.99 Å². The molecule has 1 aromatic carbocycles. The SMILES string of the molecule is C/N=C\c1ccc(Br)cc1. The van der Waals surface area contributed by atoms with Crippen molar-refractivity contribution in [2.45, 2.75) is 0 Å². The molecule has 0 heterocycles. The number of hydrogen-bond acceptors (Lipinski definition) is 1. The van der Waals surface area contributed by atoms with Crippen LogP contribution in [-0.4, -0.2) is 13.3 Å². The molecule has 0 amide bonds. The van der Waals surface area contributed by atoms with Crippen LogP contribution in [0.1, 0.15) is 5.56 Å². The van der Waals surface area contributed by atoms with Gasteiger partial charge >= 0.3 is 0 Å². The molecule has 0 radical (unpaired) electrons. The van der Waals surface area contributed by atoms with Crippen LogP contribution in [0.2, 0.25) is 0 Å². The van der Waals surface area contributed by atoms with Gasteiger partial charge in [-0.05, 0) is 17.7 Å². The van der Waals surface area contributed by atoms with E-state index in [-0.39, 0.29) is 0 Å². The molecule has 52 valence electrons. The number of aliphatic imine (C=N–C) groups is 1. The fourth-order valence-electron chi connectivity index (χ4n) is 0.698. The van der Waals surface area contributed by atoms with Crippen LogP contribution < -0.4 is 0 Å². The Morgan fingerprint density at radius 3 is 2.40 bits per heavy atom. The van der Waals surface area contributed by atoms with Crippen molar-refractivity contribution in [3.63, 3.8) is 0 Å². The van der Waals surface area contributed by atoms with Crippen molar-refractivity contribution < 1.29 is 0 Å². The van der Waals surface area contributed by atoms with Crippen molar-refractivity contribution in [1.29, 1.82) is 0 Å². The van der Waals surface area contributed by atoms with E-state index in [1.807, 2.05) is 30.5 Å². The zero-order valence-electron chi connectivity index (χ0n) is 5.71. The monoisotopic (exact) mass is 197 g/mol. The molecule has 0 aliphatic carbocycles. The van der Waals surface area contributed by atoms with Gasteiger partial charge in [0.05, 0.1) is 0 Å². The topological polar surface area (TPSA) is 12.4 Å². The number of nitrogens with zero attached hydrogens (tertiary/aromatic N) is 1. The Morgan fingerprint density at radius 1 is 1.30 bits per heavy atom. The molecule has 0 saturated carbocycles. The third-order valence-electron chi connectivity index (χ3n) is 1.15. The molecule has 0 N–H and O–H groups in total. The number of hydrogen-bond donors (Lipinski definition) is 0. The zero-order chi connectivity index (χ0) is 7.40. The summed E-state index contributed by atoms with van der Waals surface area (Å²) >= 11 is 3.35. The van der Waals surface area contributed by atoms with Crippen LogP contribution in [0.5, 0.6) is 0 Å². The Hall–Kier alpha value is -0.630. The standard InChI is InChI=1S/C8H8BrN/c1-10-6-7-2-4-8(9)5-3-7/h2-6H,1H3/b10-6-. The highest BCUT2D eigenvalue weighted by molar-refractivity contribution is 9.10. The molecule has 0 fully saturated rings. The van der Waals surface area contributed by atoms with Crippen LogP contribution in [-0.2, 0) is 0 Å². The van der Waals surface area contributed by atoms with E-state index in [2.05, 4.69) is 20.9 Å². The van der Waals surface area contributed by atoms with Crippen molar-refractivity contribution in [1.82, 2.24) is 0 Å². The molecule has 1 nitrogen and oxygen atoms in total. The molecule has 0 unspecified atom stereocenters. The second-order valence-corrected chi connectivity index (χ2v) is 2.85. The van der Waals surface area contributed by atoms with E-state index >= 15 is 0 Å².